The van der Waals surface area contributed by atoms with Gasteiger partial charge in [-0.2, -0.15) is 0 Å². The average molecular weight is 950 g/mol. The van der Waals surface area contributed by atoms with E-state index in [1.807, 2.05) is 12.2 Å². The van der Waals surface area contributed by atoms with Gasteiger partial charge in [0.2, 0.25) is 0 Å². The summed E-state index contributed by atoms with van der Waals surface area (Å²) in [5.74, 6) is -0.994. The fourth-order valence-corrected chi connectivity index (χ4v) is 8.10. The summed E-state index contributed by atoms with van der Waals surface area (Å²) in [6.07, 6.45) is 72.3. The van der Waals surface area contributed by atoms with Crippen LogP contribution < -0.4 is 0 Å². The molecule has 0 aromatic heterocycles. The van der Waals surface area contributed by atoms with Gasteiger partial charge in [-0.3, -0.25) is 14.4 Å². The lowest BCUT2D eigenvalue weighted by Crippen LogP contribution is -2.30. The van der Waals surface area contributed by atoms with E-state index in [1.54, 1.807) is 0 Å². The molecule has 0 heterocycles. The summed E-state index contributed by atoms with van der Waals surface area (Å²) in [4.78, 5) is 37.9. The lowest BCUT2D eigenvalue weighted by molar-refractivity contribution is -0.166. The first-order valence-electron chi connectivity index (χ1n) is 28.9. The lowest BCUT2D eigenvalue weighted by Gasteiger charge is -2.18. The smallest absolute Gasteiger partial charge is 0.306 e. The molecular weight excluding hydrogens is 841 g/mol. The standard InChI is InChI=1S/C62H108O6/c1-4-7-10-13-16-19-22-24-25-26-27-28-29-30-31-32-33-34-35-36-37-39-40-43-46-49-52-55-61(64)67-58-59(57-66-60(63)54-51-48-45-42-21-18-15-12-9-6-3)68-62(65)56-53-50-47-44-41-38-23-20-17-14-11-8-5-2/h8,11-12,15,17,20,26-27,38,41,47,50,59H,4-7,9-10,13-14,16,18-19,21-25,28-37,39-40,42-46,48-49,51-58H2,1-3H3/b11-8-,15-12-,20-17-,27-26-,41-38-,50-47-. The number of ether oxygens (including phenoxy) is 3. The van der Waals surface area contributed by atoms with Crippen LogP contribution in [0.5, 0.6) is 0 Å². The molecule has 1 unspecified atom stereocenters. The Morgan fingerprint density at radius 2 is 0.632 bits per heavy atom. The van der Waals surface area contributed by atoms with Crippen LogP contribution in [0.2, 0.25) is 0 Å². The fourth-order valence-electron chi connectivity index (χ4n) is 8.10. The third kappa shape index (κ3) is 53.8. The van der Waals surface area contributed by atoms with E-state index < -0.39 is 12.1 Å². The maximum atomic E-state index is 12.7. The highest BCUT2D eigenvalue weighted by Crippen LogP contribution is 2.16. The SMILES string of the molecule is CC/C=C\C/C=C\C/C=C\C/C=C\CCC(=O)OC(COC(=O)CCCCCCC/C=C\CCC)COC(=O)CCCCCCCCCCCCCCCCC/C=C\CCCCCCCCCC. The molecule has 1 atom stereocenters. The van der Waals surface area contributed by atoms with Crippen molar-refractivity contribution in [2.24, 2.45) is 0 Å². The van der Waals surface area contributed by atoms with Crippen LogP contribution in [0.1, 0.15) is 284 Å². The zero-order valence-electron chi connectivity index (χ0n) is 44.9. The average Bonchev–Trinajstić information content (AvgIpc) is 3.34. The maximum absolute atomic E-state index is 12.7. The minimum Gasteiger partial charge on any atom is -0.462 e. The molecule has 0 aromatic carbocycles. The van der Waals surface area contributed by atoms with Crippen LogP contribution in [0.15, 0.2) is 72.9 Å². The number of rotatable bonds is 52. The summed E-state index contributed by atoms with van der Waals surface area (Å²) in [5.41, 5.74) is 0. The Labute approximate surface area is 421 Å². The fraction of sp³-hybridized carbons (Fsp3) is 0.758. The van der Waals surface area contributed by atoms with Crippen molar-refractivity contribution in [2.45, 2.75) is 290 Å². The van der Waals surface area contributed by atoms with Gasteiger partial charge < -0.3 is 14.2 Å². The summed E-state index contributed by atoms with van der Waals surface area (Å²) in [6.45, 7) is 6.41. The van der Waals surface area contributed by atoms with E-state index in [4.69, 9.17) is 14.2 Å². The molecule has 0 saturated heterocycles. The topological polar surface area (TPSA) is 78.9 Å². The van der Waals surface area contributed by atoms with Gasteiger partial charge in [0.05, 0.1) is 0 Å². The Morgan fingerprint density at radius 3 is 1.01 bits per heavy atom. The van der Waals surface area contributed by atoms with Gasteiger partial charge in [-0.05, 0) is 89.9 Å². The number of carbonyl (C=O) groups excluding carboxylic acids is 3. The second-order valence-electron chi connectivity index (χ2n) is 19.2. The Morgan fingerprint density at radius 1 is 0.309 bits per heavy atom. The van der Waals surface area contributed by atoms with Gasteiger partial charge in [0, 0.05) is 19.3 Å². The maximum Gasteiger partial charge on any atom is 0.306 e. The quantitative estimate of drug-likeness (QED) is 0.0262. The van der Waals surface area contributed by atoms with Gasteiger partial charge in [0.25, 0.3) is 0 Å². The van der Waals surface area contributed by atoms with E-state index in [0.29, 0.717) is 19.3 Å². The van der Waals surface area contributed by atoms with Crippen molar-refractivity contribution in [2.75, 3.05) is 13.2 Å². The first kappa shape index (κ1) is 64.8. The van der Waals surface area contributed by atoms with Crippen molar-refractivity contribution < 1.29 is 28.6 Å². The molecule has 0 aliphatic rings. The number of hydrogen-bond donors (Lipinski definition) is 0. The summed E-state index contributed by atoms with van der Waals surface area (Å²) in [7, 11) is 0. The van der Waals surface area contributed by atoms with Crippen molar-refractivity contribution in [1.82, 2.24) is 0 Å². The van der Waals surface area contributed by atoms with Crippen molar-refractivity contribution >= 4 is 17.9 Å². The molecule has 0 fully saturated rings. The van der Waals surface area contributed by atoms with Gasteiger partial charge in [-0.25, -0.2) is 0 Å². The number of allylic oxidation sites excluding steroid dienone is 12. The van der Waals surface area contributed by atoms with E-state index in [2.05, 4.69) is 81.5 Å². The van der Waals surface area contributed by atoms with Crippen LogP contribution in [0, 0.1) is 0 Å². The molecule has 0 amide bonds. The van der Waals surface area contributed by atoms with E-state index in [0.717, 1.165) is 83.5 Å². The zero-order chi connectivity index (χ0) is 49.3. The molecule has 6 heteroatoms. The molecule has 0 aromatic rings. The van der Waals surface area contributed by atoms with E-state index in [-0.39, 0.29) is 31.6 Å². The molecule has 68 heavy (non-hydrogen) atoms. The van der Waals surface area contributed by atoms with Crippen LogP contribution in [0.25, 0.3) is 0 Å². The first-order valence-corrected chi connectivity index (χ1v) is 28.9. The Balaban J connectivity index is 4.19. The molecule has 392 valence electrons. The summed E-state index contributed by atoms with van der Waals surface area (Å²) in [6, 6.07) is 0. The van der Waals surface area contributed by atoms with E-state index >= 15 is 0 Å². The zero-order valence-corrected chi connectivity index (χ0v) is 44.9. The molecule has 0 aliphatic heterocycles. The van der Waals surface area contributed by atoms with Crippen LogP contribution in [0.3, 0.4) is 0 Å². The minimum atomic E-state index is -0.815. The highest BCUT2D eigenvalue weighted by Gasteiger charge is 2.19. The highest BCUT2D eigenvalue weighted by atomic mass is 16.6. The van der Waals surface area contributed by atoms with Gasteiger partial charge in [-0.1, -0.05) is 248 Å². The number of carbonyl (C=O) groups is 3. The third-order valence-electron chi connectivity index (χ3n) is 12.4. The first-order chi connectivity index (χ1) is 33.5. The predicted octanol–water partition coefficient (Wildman–Crippen LogP) is 19.4. The predicted molar refractivity (Wildman–Crippen MR) is 293 cm³/mol. The summed E-state index contributed by atoms with van der Waals surface area (Å²) >= 11 is 0. The molecule has 0 N–H and O–H groups in total. The molecule has 6 nitrogen and oxygen atoms in total. The molecule has 0 radical (unpaired) electrons. The van der Waals surface area contributed by atoms with Crippen molar-refractivity contribution in [3.05, 3.63) is 72.9 Å². The summed E-state index contributed by atoms with van der Waals surface area (Å²) in [5, 5.41) is 0. The van der Waals surface area contributed by atoms with Crippen molar-refractivity contribution in [3.8, 4) is 0 Å². The number of unbranched alkanes of at least 4 members (excludes halogenated alkanes) is 29. The van der Waals surface area contributed by atoms with Crippen LogP contribution in [0.4, 0.5) is 0 Å². The van der Waals surface area contributed by atoms with Crippen molar-refractivity contribution in [3.63, 3.8) is 0 Å². The molecule has 0 bridgehead atoms. The van der Waals surface area contributed by atoms with Crippen molar-refractivity contribution in [1.29, 1.82) is 0 Å². The summed E-state index contributed by atoms with van der Waals surface area (Å²) < 4.78 is 16.7. The minimum absolute atomic E-state index is 0.105. The van der Waals surface area contributed by atoms with E-state index in [9.17, 15) is 14.4 Å². The lowest BCUT2D eigenvalue weighted by atomic mass is 10.0. The van der Waals surface area contributed by atoms with Gasteiger partial charge in [0.1, 0.15) is 13.2 Å². The van der Waals surface area contributed by atoms with Gasteiger partial charge >= 0.3 is 17.9 Å². The molecular formula is C62H108O6. The normalized spacial score (nSPS) is 12.6. The van der Waals surface area contributed by atoms with E-state index in [1.165, 1.54) is 154 Å². The number of esters is 3. The monoisotopic (exact) mass is 949 g/mol. The largest absolute Gasteiger partial charge is 0.462 e. The van der Waals surface area contributed by atoms with Crippen LogP contribution in [-0.2, 0) is 28.6 Å². The van der Waals surface area contributed by atoms with Gasteiger partial charge in [0.15, 0.2) is 6.10 Å². The molecule has 0 aliphatic carbocycles. The third-order valence-corrected chi connectivity index (χ3v) is 12.4. The number of hydrogen-bond acceptors (Lipinski definition) is 6. The Hall–Kier alpha value is -3.15. The molecule has 0 rings (SSSR count). The highest BCUT2D eigenvalue weighted by molar-refractivity contribution is 5.71. The second kappa shape index (κ2) is 56.4. The Bertz CT molecular complexity index is 1270. The van der Waals surface area contributed by atoms with Crippen LogP contribution >= 0.6 is 0 Å². The van der Waals surface area contributed by atoms with Crippen LogP contribution in [-0.4, -0.2) is 37.2 Å². The molecule has 0 saturated carbocycles. The molecule has 0 spiro atoms. The van der Waals surface area contributed by atoms with Gasteiger partial charge in [-0.15, -0.1) is 0 Å². The Kier molecular flexibility index (Phi) is 53.8. The second-order valence-corrected chi connectivity index (χ2v) is 19.2.